The number of anilines is 1. The molecule has 0 atom stereocenters. The van der Waals surface area contributed by atoms with Crippen molar-refractivity contribution in [1.82, 2.24) is 20.2 Å². The van der Waals surface area contributed by atoms with E-state index in [9.17, 15) is 8.78 Å². The van der Waals surface area contributed by atoms with Gasteiger partial charge in [0.25, 0.3) is 0 Å². The highest BCUT2D eigenvalue weighted by atomic mass is 19.1. The molecule has 2 aromatic heterocycles. The SMILES string of the molecule is CNc1nccc(-c2n[nH]c3ccc(-c4c(F)cccc4F)cc23)n1. The maximum absolute atomic E-state index is 14.1. The highest BCUT2D eigenvalue weighted by Gasteiger charge is 2.15. The van der Waals surface area contributed by atoms with Crippen LogP contribution in [0.25, 0.3) is 33.4 Å². The predicted molar refractivity (Wildman–Crippen MR) is 92.0 cm³/mol. The molecule has 124 valence electrons. The van der Waals surface area contributed by atoms with Crippen LogP contribution in [0.2, 0.25) is 0 Å². The molecule has 0 aliphatic heterocycles. The molecular formula is C18H13F2N5. The summed E-state index contributed by atoms with van der Waals surface area (Å²) < 4.78 is 28.2. The third kappa shape index (κ3) is 2.59. The normalized spacial score (nSPS) is 11.0. The monoisotopic (exact) mass is 337 g/mol. The van der Waals surface area contributed by atoms with Gasteiger partial charge >= 0.3 is 0 Å². The van der Waals surface area contributed by atoms with Crippen molar-refractivity contribution in [2.24, 2.45) is 0 Å². The van der Waals surface area contributed by atoms with E-state index in [2.05, 4.69) is 25.5 Å². The number of benzene rings is 2. The van der Waals surface area contributed by atoms with Gasteiger partial charge < -0.3 is 5.32 Å². The Labute approximate surface area is 141 Å². The first-order chi connectivity index (χ1) is 12.2. The van der Waals surface area contributed by atoms with Crippen LogP contribution in [-0.4, -0.2) is 27.2 Å². The van der Waals surface area contributed by atoms with Gasteiger partial charge in [0.05, 0.1) is 16.8 Å². The Hall–Kier alpha value is -3.35. The number of H-pyrrole nitrogens is 1. The van der Waals surface area contributed by atoms with E-state index in [1.54, 1.807) is 37.5 Å². The number of hydrogen-bond acceptors (Lipinski definition) is 4. The van der Waals surface area contributed by atoms with E-state index in [1.807, 2.05) is 0 Å². The van der Waals surface area contributed by atoms with Gasteiger partial charge in [-0.05, 0) is 35.9 Å². The van der Waals surface area contributed by atoms with Crippen LogP contribution in [-0.2, 0) is 0 Å². The Morgan fingerprint density at radius 3 is 2.60 bits per heavy atom. The second-order valence-corrected chi connectivity index (χ2v) is 5.44. The number of aromatic amines is 1. The van der Waals surface area contributed by atoms with Crippen LogP contribution >= 0.6 is 0 Å². The molecule has 0 saturated carbocycles. The zero-order valence-corrected chi connectivity index (χ0v) is 13.2. The summed E-state index contributed by atoms with van der Waals surface area (Å²) in [5, 5.41) is 10.8. The first kappa shape index (κ1) is 15.2. The maximum Gasteiger partial charge on any atom is 0.222 e. The minimum atomic E-state index is -0.607. The van der Waals surface area contributed by atoms with Crippen molar-refractivity contribution in [3.63, 3.8) is 0 Å². The third-order valence-electron chi connectivity index (χ3n) is 3.94. The van der Waals surface area contributed by atoms with Gasteiger partial charge in [0.15, 0.2) is 0 Å². The third-order valence-corrected chi connectivity index (χ3v) is 3.94. The highest BCUT2D eigenvalue weighted by Crippen LogP contribution is 2.32. The topological polar surface area (TPSA) is 66.5 Å². The molecule has 7 heteroatoms. The van der Waals surface area contributed by atoms with Gasteiger partial charge in [-0.1, -0.05) is 12.1 Å². The molecule has 4 aromatic rings. The van der Waals surface area contributed by atoms with Crippen LogP contribution in [0.15, 0.2) is 48.7 Å². The van der Waals surface area contributed by atoms with Crippen LogP contribution in [0.1, 0.15) is 0 Å². The summed E-state index contributed by atoms with van der Waals surface area (Å²) in [6.07, 6.45) is 1.62. The molecule has 4 rings (SSSR count). The molecule has 0 amide bonds. The van der Waals surface area contributed by atoms with E-state index in [-0.39, 0.29) is 5.56 Å². The lowest BCUT2D eigenvalue weighted by molar-refractivity contribution is 0.589. The lowest BCUT2D eigenvalue weighted by atomic mass is 10.0. The molecule has 0 aliphatic carbocycles. The van der Waals surface area contributed by atoms with Crippen LogP contribution < -0.4 is 5.32 Å². The van der Waals surface area contributed by atoms with E-state index in [4.69, 9.17) is 0 Å². The largest absolute Gasteiger partial charge is 0.357 e. The van der Waals surface area contributed by atoms with E-state index >= 15 is 0 Å². The molecule has 0 radical (unpaired) electrons. The predicted octanol–water partition coefficient (Wildman–Crippen LogP) is 4.01. The van der Waals surface area contributed by atoms with Crippen molar-refractivity contribution in [1.29, 1.82) is 0 Å². The van der Waals surface area contributed by atoms with E-state index in [0.717, 1.165) is 10.9 Å². The summed E-state index contributed by atoms with van der Waals surface area (Å²) >= 11 is 0. The van der Waals surface area contributed by atoms with Crippen LogP contribution in [0.5, 0.6) is 0 Å². The van der Waals surface area contributed by atoms with E-state index in [1.165, 1.54) is 18.2 Å². The zero-order chi connectivity index (χ0) is 17.4. The first-order valence-corrected chi connectivity index (χ1v) is 7.61. The fourth-order valence-electron chi connectivity index (χ4n) is 2.75. The fraction of sp³-hybridized carbons (Fsp3) is 0.0556. The smallest absolute Gasteiger partial charge is 0.222 e. The second-order valence-electron chi connectivity index (χ2n) is 5.44. The minimum Gasteiger partial charge on any atom is -0.357 e. The quantitative estimate of drug-likeness (QED) is 0.593. The summed E-state index contributed by atoms with van der Waals surface area (Å²) in [6.45, 7) is 0. The molecule has 2 aromatic carbocycles. The summed E-state index contributed by atoms with van der Waals surface area (Å²) in [7, 11) is 1.72. The molecule has 0 fully saturated rings. The Kier molecular flexibility index (Phi) is 3.61. The molecule has 0 bridgehead atoms. The van der Waals surface area contributed by atoms with Crippen LogP contribution in [0.4, 0.5) is 14.7 Å². The second kappa shape index (κ2) is 5.94. The Bertz CT molecular complexity index is 1050. The summed E-state index contributed by atoms with van der Waals surface area (Å²) in [5.41, 5.74) is 2.33. The van der Waals surface area contributed by atoms with Gasteiger partial charge in [0.2, 0.25) is 5.95 Å². The number of hydrogen-bond donors (Lipinski definition) is 2. The van der Waals surface area contributed by atoms with Gasteiger partial charge in [-0.2, -0.15) is 5.10 Å². The molecule has 2 heterocycles. The minimum absolute atomic E-state index is 0.0600. The van der Waals surface area contributed by atoms with E-state index < -0.39 is 11.6 Å². The maximum atomic E-state index is 14.1. The lowest BCUT2D eigenvalue weighted by Crippen LogP contribution is -1.97. The number of halogens is 2. The van der Waals surface area contributed by atoms with E-state index in [0.29, 0.717) is 22.9 Å². The number of nitrogens with zero attached hydrogens (tertiary/aromatic N) is 3. The van der Waals surface area contributed by atoms with Gasteiger partial charge in [-0.15, -0.1) is 0 Å². The molecule has 2 N–H and O–H groups in total. The summed E-state index contributed by atoms with van der Waals surface area (Å²) in [5.74, 6) is -0.752. The average molecular weight is 337 g/mol. The van der Waals surface area contributed by atoms with Crippen LogP contribution in [0, 0.1) is 11.6 Å². The van der Waals surface area contributed by atoms with Crippen molar-refractivity contribution >= 4 is 16.9 Å². The Balaban J connectivity index is 1.91. The molecule has 0 saturated heterocycles. The molecular weight excluding hydrogens is 324 g/mol. The van der Waals surface area contributed by atoms with Crippen molar-refractivity contribution < 1.29 is 8.78 Å². The highest BCUT2D eigenvalue weighted by molar-refractivity contribution is 5.95. The van der Waals surface area contributed by atoms with Gasteiger partial charge in [-0.25, -0.2) is 18.7 Å². The summed E-state index contributed by atoms with van der Waals surface area (Å²) in [4.78, 5) is 8.45. The molecule has 5 nitrogen and oxygen atoms in total. The average Bonchev–Trinajstić information content (AvgIpc) is 3.05. The number of fused-ring (bicyclic) bond motifs is 1. The molecule has 0 unspecified atom stereocenters. The van der Waals surface area contributed by atoms with Gasteiger partial charge in [0, 0.05) is 18.6 Å². The fourth-order valence-corrected chi connectivity index (χ4v) is 2.75. The Morgan fingerprint density at radius 2 is 1.84 bits per heavy atom. The number of rotatable bonds is 3. The number of aromatic nitrogens is 4. The lowest BCUT2D eigenvalue weighted by Gasteiger charge is -2.06. The van der Waals surface area contributed by atoms with Crippen molar-refractivity contribution in [2.45, 2.75) is 0 Å². The Morgan fingerprint density at radius 1 is 1.04 bits per heavy atom. The molecule has 25 heavy (non-hydrogen) atoms. The first-order valence-electron chi connectivity index (χ1n) is 7.61. The molecule has 0 aliphatic rings. The summed E-state index contributed by atoms with van der Waals surface area (Å²) in [6, 6.07) is 10.7. The number of nitrogens with one attached hydrogen (secondary N) is 2. The standard InChI is InChI=1S/C18H13F2N5/c1-21-18-22-8-7-15(23-18)17-11-9-10(5-6-14(11)24-25-17)16-12(19)3-2-4-13(16)20/h2-9H,1H3,(H,24,25)(H,21,22,23). The van der Waals surface area contributed by atoms with Crippen molar-refractivity contribution in [3.8, 4) is 22.5 Å². The van der Waals surface area contributed by atoms with Crippen molar-refractivity contribution in [3.05, 3.63) is 60.3 Å². The van der Waals surface area contributed by atoms with Crippen LogP contribution in [0.3, 0.4) is 0 Å². The van der Waals surface area contributed by atoms with Gasteiger partial charge in [0.1, 0.15) is 17.3 Å². The van der Waals surface area contributed by atoms with Crippen molar-refractivity contribution in [2.75, 3.05) is 12.4 Å². The molecule has 0 spiro atoms. The zero-order valence-electron chi connectivity index (χ0n) is 13.2. The van der Waals surface area contributed by atoms with Gasteiger partial charge in [-0.3, -0.25) is 5.10 Å².